The summed E-state index contributed by atoms with van der Waals surface area (Å²) in [6, 6.07) is 6.61. The number of amides is 2. The predicted octanol–water partition coefficient (Wildman–Crippen LogP) is 2.62. The van der Waals surface area contributed by atoms with Crippen LogP contribution in [0.4, 0.5) is 16.4 Å². The standard InChI is InChI=1S/C20H25N5O5S/c1-20(2,3)30-19(27)25-13-4-6-16(25)17(26)23-14-7-9-15(10-8-14)31(28,29)24-18-21-11-5-12-22-18/h5,7-12,16H,4,6,13H2,1-3H3,(H,23,26)(H,21,22,24)/t16-/m0/s1. The van der Waals surface area contributed by atoms with Crippen LogP contribution in [0.2, 0.25) is 0 Å². The molecule has 0 radical (unpaired) electrons. The first-order valence-corrected chi connectivity index (χ1v) is 11.2. The Bertz CT molecular complexity index is 1040. The van der Waals surface area contributed by atoms with Gasteiger partial charge in [-0.2, -0.15) is 0 Å². The number of nitrogens with zero attached hydrogens (tertiary/aromatic N) is 3. The molecule has 1 saturated heterocycles. The number of likely N-dealkylation sites (tertiary alicyclic amines) is 1. The summed E-state index contributed by atoms with van der Waals surface area (Å²) in [5, 5.41) is 2.73. The molecule has 1 aromatic carbocycles. The minimum atomic E-state index is -3.87. The van der Waals surface area contributed by atoms with Crippen LogP contribution in [0.25, 0.3) is 0 Å². The molecule has 1 aliphatic rings. The lowest BCUT2D eigenvalue weighted by Crippen LogP contribution is -2.45. The Hall–Kier alpha value is -3.21. The molecule has 2 heterocycles. The van der Waals surface area contributed by atoms with Gasteiger partial charge in [-0.05, 0) is 63.9 Å². The van der Waals surface area contributed by atoms with E-state index in [1.54, 1.807) is 26.8 Å². The Balaban J connectivity index is 1.65. The van der Waals surface area contributed by atoms with Crippen LogP contribution in [0.1, 0.15) is 33.6 Å². The first-order valence-electron chi connectivity index (χ1n) is 9.75. The molecular weight excluding hydrogens is 422 g/mol. The van der Waals surface area contributed by atoms with Gasteiger partial charge < -0.3 is 10.1 Å². The molecule has 1 aromatic heterocycles. The molecule has 11 heteroatoms. The highest BCUT2D eigenvalue weighted by molar-refractivity contribution is 7.92. The summed E-state index contributed by atoms with van der Waals surface area (Å²) >= 11 is 0. The van der Waals surface area contributed by atoms with Gasteiger partial charge in [-0.15, -0.1) is 0 Å². The molecule has 0 aliphatic carbocycles. The van der Waals surface area contributed by atoms with Gasteiger partial charge in [0.1, 0.15) is 11.6 Å². The number of sulfonamides is 1. The van der Waals surface area contributed by atoms with E-state index in [9.17, 15) is 18.0 Å². The second-order valence-electron chi connectivity index (χ2n) is 8.02. The normalized spacial score (nSPS) is 16.6. The van der Waals surface area contributed by atoms with Crippen LogP contribution in [0.3, 0.4) is 0 Å². The molecule has 10 nitrogen and oxygen atoms in total. The van der Waals surface area contributed by atoms with Crippen molar-refractivity contribution < 1.29 is 22.7 Å². The molecule has 2 aromatic rings. The fourth-order valence-corrected chi connectivity index (χ4v) is 4.01. The van der Waals surface area contributed by atoms with E-state index in [0.717, 1.165) is 0 Å². The number of benzene rings is 1. The fraction of sp³-hybridized carbons (Fsp3) is 0.400. The smallest absolute Gasteiger partial charge is 0.410 e. The topological polar surface area (TPSA) is 131 Å². The Morgan fingerprint density at radius 3 is 2.39 bits per heavy atom. The minimum absolute atomic E-state index is 0.00537. The van der Waals surface area contributed by atoms with Crippen molar-refractivity contribution in [2.45, 2.75) is 50.2 Å². The van der Waals surface area contributed by atoms with E-state index in [4.69, 9.17) is 4.74 Å². The Morgan fingerprint density at radius 2 is 1.77 bits per heavy atom. The van der Waals surface area contributed by atoms with E-state index < -0.39 is 27.8 Å². The fourth-order valence-electron chi connectivity index (χ4n) is 3.05. The summed E-state index contributed by atoms with van der Waals surface area (Å²) in [6.07, 6.45) is 3.54. The molecule has 1 fully saturated rings. The zero-order valence-corrected chi connectivity index (χ0v) is 18.3. The Kier molecular flexibility index (Phi) is 6.44. The Labute approximate surface area is 181 Å². The van der Waals surface area contributed by atoms with Crippen LogP contribution >= 0.6 is 0 Å². The molecule has 2 N–H and O–H groups in total. The maximum atomic E-state index is 12.7. The van der Waals surface area contributed by atoms with Crippen molar-refractivity contribution in [3.8, 4) is 0 Å². The maximum absolute atomic E-state index is 12.7. The van der Waals surface area contributed by atoms with Crippen LogP contribution in [-0.2, 0) is 19.6 Å². The summed E-state index contributed by atoms with van der Waals surface area (Å²) in [5.74, 6) is -0.391. The number of hydrogen-bond acceptors (Lipinski definition) is 7. The van der Waals surface area contributed by atoms with E-state index in [-0.39, 0.29) is 16.8 Å². The lowest BCUT2D eigenvalue weighted by molar-refractivity contribution is -0.120. The van der Waals surface area contributed by atoms with E-state index in [1.165, 1.54) is 41.6 Å². The molecule has 1 aliphatic heterocycles. The number of rotatable bonds is 5. The zero-order chi connectivity index (χ0) is 22.6. The Morgan fingerprint density at radius 1 is 1.13 bits per heavy atom. The van der Waals surface area contributed by atoms with Crippen LogP contribution in [0.15, 0.2) is 47.6 Å². The van der Waals surface area contributed by atoms with Gasteiger partial charge in [0, 0.05) is 24.6 Å². The van der Waals surface area contributed by atoms with Gasteiger partial charge in [0.25, 0.3) is 10.0 Å². The SMILES string of the molecule is CC(C)(C)OC(=O)N1CCC[C@H]1C(=O)Nc1ccc(S(=O)(=O)Nc2ncccn2)cc1. The van der Waals surface area contributed by atoms with Gasteiger partial charge in [-0.1, -0.05) is 0 Å². The third-order valence-electron chi connectivity index (χ3n) is 4.41. The van der Waals surface area contributed by atoms with Crippen molar-refractivity contribution in [2.24, 2.45) is 0 Å². The van der Waals surface area contributed by atoms with Crippen molar-refractivity contribution in [1.29, 1.82) is 0 Å². The quantitative estimate of drug-likeness (QED) is 0.720. The molecule has 31 heavy (non-hydrogen) atoms. The van der Waals surface area contributed by atoms with Crippen molar-refractivity contribution in [2.75, 3.05) is 16.6 Å². The number of hydrogen-bond donors (Lipinski definition) is 2. The summed E-state index contributed by atoms with van der Waals surface area (Å²) < 4.78 is 32.5. The molecule has 0 unspecified atom stereocenters. The van der Waals surface area contributed by atoms with Crippen LogP contribution in [-0.4, -0.2) is 53.5 Å². The van der Waals surface area contributed by atoms with E-state index in [2.05, 4.69) is 20.0 Å². The van der Waals surface area contributed by atoms with Gasteiger partial charge in [-0.3, -0.25) is 9.69 Å². The second-order valence-corrected chi connectivity index (χ2v) is 9.71. The number of nitrogens with one attached hydrogen (secondary N) is 2. The van der Waals surface area contributed by atoms with Crippen molar-refractivity contribution in [1.82, 2.24) is 14.9 Å². The summed E-state index contributed by atoms with van der Waals surface area (Å²) in [4.78, 5) is 34.2. The lowest BCUT2D eigenvalue weighted by Gasteiger charge is -2.28. The van der Waals surface area contributed by atoms with E-state index >= 15 is 0 Å². The number of carbonyl (C=O) groups is 2. The van der Waals surface area contributed by atoms with Crippen LogP contribution < -0.4 is 10.0 Å². The number of carbonyl (C=O) groups excluding carboxylic acids is 2. The van der Waals surface area contributed by atoms with Gasteiger partial charge in [0.15, 0.2) is 0 Å². The van der Waals surface area contributed by atoms with Gasteiger partial charge >= 0.3 is 6.09 Å². The highest BCUT2D eigenvalue weighted by Gasteiger charge is 2.36. The van der Waals surface area contributed by atoms with Crippen LogP contribution in [0, 0.1) is 0 Å². The van der Waals surface area contributed by atoms with Crippen molar-refractivity contribution in [3.05, 3.63) is 42.7 Å². The lowest BCUT2D eigenvalue weighted by atomic mass is 10.2. The monoisotopic (exact) mass is 447 g/mol. The van der Waals surface area contributed by atoms with E-state index in [0.29, 0.717) is 25.1 Å². The summed E-state index contributed by atoms with van der Waals surface area (Å²) in [7, 11) is -3.87. The highest BCUT2D eigenvalue weighted by Crippen LogP contribution is 2.23. The van der Waals surface area contributed by atoms with Gasteiger partial charge in [-0.25, -0.2) is 27.9 Å². The average Bonchev–Trinajstić information content (AvgIpc) is 3.18. The minimum Gasteiger partial charge on any atom is -0.444 e. The largest absolute Gasteiger partial charge is 0.444 e. The van der Waals surface area contributed by atoms with Gasteiger partial charge in [0.2, 0.25) is 11.9 Å². The molecule has 0 bridgehead atoms. The van der Waals surface area contributed by atoms with Crippen molar-refractivity contribution >= 4 is 33.7 Å². The highest BCUT2D eigenvalue weighted by atomic mass is 32.2. The average molecular weight is 448 g/mol. The molecular formula is C20H25N5O5S. The molecule has 2 amide bonds. The number of ether oxygens (including phenoxy) is 1. The van der Waals surface area contributed by atoms with Crippen molar-refractivity contribution in [3.63, 3.8) is 0 Å². The third-order valence-corrected chi connectivity index (χ3v) is 5.75. The zero-order valence-electron chi connectivity index (χ0n) is 17.5. The molecule has 1 atom stereocenters. The summed E-state index contributed by atoms with van der Waals surface area (Å²) in [5.41, 5.74) is -0.239. The number of aromatic nitrogens is 2. The predicted molar refractivity (Wildman–Crippen MR) is 114 cm³/mol. The molecule has 3 rings (SSSR count). The molecule has 0 spiro atoms. The maximum Gasteiger partial charge on any atom is 0.410 e. The first kappa shape index (κ1) is 22.5. The van der Waals surface area contributed by atoms with E-state index in [1.807, 2.05) is 0 Å². The number of anilines is 2. The first-order chi connectivity index (χ1) is 14.5. The molecule has 166 valence electrons. The second kappa shape index (κ2) is 8.88. The van der Waals surface area contributed by atoms with Crippen LogP contribution in [0.5, 0.6) is 0 Å². The van der Waals surface area contributed by atoms with Gasteiger partial charge in [0.05, 0.1) is 4.90 Å². The third kappa shape index (κ3) is 5.91. The molecule has 0 saturated carbocycles. The summed E-state index contributed by atoms with van der Waals surface area (Å²) in [6.45, 7) is 5.75.